The number of esters is 1. The SMILES string of the molecule is Cc1ccc(NS(=O)(=O)c2ccc(C(=O)OCC(=O)N3[C@H](C)CCC[C@H]3C)cc2)cc1C. The summed E-state index contributed by atoms with van der Waals surface area (Å²) in [6.45, 7) is 7.53. The summed E-state index contributed by atoms with van der Waals surface area (Å²) in [5.41, 5.74) is 2.70. The van der Waals surface area contributed by atoms with E-state index in [1.807, 2.05) is 33.8 Å². The molecule has 3 rings (SSSR count). The van der Waals surface area contributed by atoms with Gasteiger partial charge in [-0.05, 0) is 94.5 Å². The van der Waals surface area contributed by atoms with E-state index in [2.05, 4.69) is 4.72 Å². The van der Waals surface area contributed by atoms with E-state index in [1.165, 1.54) is 24.3 Å². The molecule has 32 heavy (non-hydrogen) atoms. The number of hydrogen-bond acceptors (Lipinski definition) is 5. The lowest BCUT2D eigenvalue weighted by atomic mass is 9.97. The number of amides is 1. The van der Waals surface area contributed by atoms with Crippen LogP contribution >= 0.6 is 0 Å². The summed E-state index contributed by atoms with van der Waals surface area (Å²) in [5, 5.41) is 0. The maximum Gasteiger partial charge on any atom is 0.338 e. The van der Waals surface area contributed by atoms with E-state index < -0.39 is 16.0 Å². The Hall–Kier alpha value is -2.87. The number of piperidine rings is 1. The van der Waals surface area contributed by atoms with Gasteiger partial charge in [-0.3, -0.25) is 9.52 Å². The van der Waals surface area contributed by atoms with Crippen molar-refractivity contribution in [3.8, 4) is 0 Å². The highest BCUT2D eigenvalue weighted by Crippen LogP contribution is 2.23. The molecular formula is C24H30N2O5S. The van der Waals surface area contributed by atoms with Gasteiger partial charge in [0.15, 0.2) is 6.61 Å². The zero-order valence-electron chi connectivity index (χ0n) is 18.9. The Morgan fingerprint density at radius 1 is 1.00 bits per heavy atom. The van der Waals surface area contributed by atoms with Crippen molar-refractivity contribution >= 4 is 27.6 Å². The van der Waals surface area contributed by atoms with Crippen LogP contribution in [0.15, 0.2) is 47.4 Å². The maximum atomic E-state index is 12.7. The van der Waals surface area contributed by atoms with Crippen molar-refractivity contribution in [3.05, 3.63) is 59.2 Å². The number of hydrogen-bond donors (Lipinski definition) is 1. The number of ether oxygens (including phenoxy) is 1. The number of carbonyl (C=O) groups excluding carboxylic acids is 2. The normalized spacial score (nSPS) is 18.8. The van der Waals surface area contributed by atoms with Gasteiger partial charge in [-0.1, -0.05) is 6.07 Å². The number of nitrogens with zero attached hydrogens (tertiary/aromatic N) is 1. The van der Waals surface area contributed by atoms with Crippen molar-refractivity contribution in [1.82, 2.24) is 4.90 Å². The number of benzene rings is 2. The van der Waals surface area contributed by atoms with Crippen LogP contribution in [0, 0.1) is 13.8 Å². The second-order valence-corrected chi connectivity index (χ2v) is 10.1. The Balaban J connectivity index is 1.62. The van der Waals surface area contributed by atoms with Gasteiger partial charge in [0, 0.05) is 17.8 Å². The average molecular weight is 459 g/mol. The minimum Gasteiger partial charge on any atom is -0.452 e. The van der Waals surface area contributed by atoms with Crippen LogP contribution in [0.25, 0.3) is 0 Å². The molecule has 1 aliphatic heterocycles. The van der Waals surface area contributed by atoms with Crippen molar-refractivity contribution in [2.45, 2.75) is 63.9 Å². The van der Waals surface area contributed by atoms with Gasteiger partial charge in [-0.2, -0.15) is 0 Å². The van der Waals surface area contributed by atoms with E-state index in [0.717, 1.165) is 30.4 Å². The maximum absolute atomic E-state index is 12.7. The van der Waals surface area contributed by atoms with Gasteiger partial charge in [0.25, 0.3) is 15.9 Å². The molecule has 2 atom stereocenters. The van der Waals surface area contributed by atoms with Crippen LogP contribution in [-0.4, -0.2) is 43.9 Å². The molecule has 8 heteroatoms. The lowest BCUT2D eigenvalue weighted by molar-refractivity contribution is -0.140. The molecule has 0 saturated carbocycles. The quantitative estimate of drug-likeness (QED) is 0.659. The molecule has 1 amide bonds. The van der Waals surface area contributed by atoms with E-state index in [0.29, 0.717) is 5.69 Å². The monoisotopic (exact) mass is 458 g/mol. The number of rotatable bonds is 6. The first kappa shape index (κ1) is 23.8. The molecule has 0 radical (unpaired) electrons. The highest BCUT2D eigenvalue weighted by Gasteiger charge is 2.29. The largest absolute Gasteiger partial charge is 0.452 e. The van der Waals surface area contributed by atoms with E-state index >= 15 is 0 Å². The van der Waals surface area contributed by atoms with E-state index in [4.69, 9.17) is 4.74 Å². The predicted octanol–water partition coefficient (Wildman–Crippen LogP) is 4.05. The standard InChI is InChI=1S/C24H30N2O5S/c1-16-8-11-21(14-17(16)2)25-32(29,30)22-12-9-20(10-13-22)24(28)31-15-23(27)26-18(3)6-5-7-19(26)4/h8-14,18-19,25H,5-7,15H2,1-4H3/t18-,19-/m1/s1. The van der Waals surface area contributed by atoms with E-state index in [-0.39, 0.29) is 35.1 Å². The second kappa shape index (κ2) is 9.73. The Labute approximate surface area is 189 Å². The summed E-state index contributed by atoms with van der Waals surface area (Å²) in [5.74, 6) is -0.878. The van der Waals surface area contributed by atoms with Crippen molar-refractivity contribution in [3.63, 3.8) is 0 Å². The predicted molar refractivity (Wildman–Crippen MR) is 123 cm³/mol. The Morgan fingerprint density at radius 3 is 2.22 bits per heavy atom. The zero-order chi connectivity index (χ0) is 23.5. The molecule has 1 saturated heterocycles. The molecule has 2 aromatic carbocycles. The number of aryl methyl sites for hydroxylation is 2. The Morgan fingerprint density at radius 2 is 1.62 bits per heavy atom. The van der Waals surface area contributed by atoms with Gasteiger partial charge in [-0.25, -0.2) is 13.2 Å². The van der Waals surface area contributed by atoms with Gasteiger partial charge in [0.1, 0.15) is 0 Å². The molecule has 0 aromatic heterocycles. The summed E-state index contributed by atoms with van der Waals surface area (Å²) in [4.78, 5) is 26.7. The van der Waals surface area contributed by atoms with Crippen LogP contribution in [-0.2, 0) is 19.6 Å². The number of nitrogens with one attached hydrogen (secondary N) is 1. The van der Waals surface area contributed by atoms with Crippen LogP contribution < -0.4 is 4.72 Å². The molecule has 7 nitrogen and oxygen atoms in total. The lowest BCUT2D eigenvalue weighted by Gasteiger charge is -2.38. The molecule has 1 aliphatic rings. The number of anilines is 1. The molecule has 1 fully saturated rings. The third-order valence-corrected chi connectivity index (χ3v) is 7.36. The smallest absolute Gasteiger partial charge is 0.338 e. The fourth-order valence-electron chi connectivity index (χ4n) is 3.99. The molecule has 172 valence electrons. The minimum absolute atomic E-state index is 0.0271. The fourth-order valence-corrected chi connectivity index (χ4v) is 5.04. The highest BCUT2D eigenvalue weighted by atomic mass is 32.2. The summed E-state index contributed by atoms with van der Waals surface area (Å²) in [6.07, 6.45) is 2.96. The third-order valence-electron chi connectivity index (χ3n) is 5.97. The van der Waals surface area contributed by atoms with Gasteiger partial charge in [0.2, 0.25) is 0 Å². The van der Waals surface area contributed by atoms with Crippen LogP contribution in [0.2, 0.25) is 0 Å². The lowest BCUT2D eigenvalue weighted by Crippen LogP contribution is -2.49. The first-order chi connectivity index (χ1) is 15.1. The highest BCUT2D eigenvalue weighted by molar-refractivity contribution is 7.92. The van der Waals surface area contributed by atoms with Gasteiger partial charge in [0.05, 0.1) is 10.5 Å². The Bertz CT molecular complexity index is 1090. The van der Waals surface area contributed by atoms with Crippen molar-refractivity contribution in [2.75, 3.05) is 11.3 Å². The van der Waals surface area contributed by atoms with Crippen molar-refractivity contribution in [1.29, 1.82) is 0 Å². The molecule has 1 N–H and O–H groups in total. The third kappa shape index (κ3) is 5.48. The molecule has 0 unspecified atom stereocenters. The zero-order valence-corrected chi connectivity index (χ0v) is 19.7. The molecular weight excluding hydrogens is 428 g/mol. The van der Waals surface area contributed by atoms with Crippen molar-refractivity contribution in [2.24, 2.45) is 0 Å². The minimum atomic E-state index is -3.80. The molecule has 2 aromatic rings. The molecule has 0 spiro atoms. The van der Waals surface area contributed by atoms with Crippen LogP contribution in [0.5, 0.6) is 0 Å². The van der Waals surface area contributed by atoms with E-state index in [9.17, 15) is 18.0 Å². The van der Waals surface area contributed by atoms with Gasteiger partial charge >= 0.3 is 5.97 Å². The first-order valence-corrected chi connectivity index (χ1v) is 12.2. The first-order valence-electron chi connectivity index (χ1n) is 10.8. The van der Waals surface area contributed by atoms with Crippen LogP contribution in [0.4, 0.5) is 5.69 Å². The topological polar surface area (TPSA) is 92.8 Å². The van der Waals surface area contributed by atoms with Crippen LogP contribution in [0.1, 0.15) is 54.6 Å². The molecule has 0 bridgehead atoms. The summed E-state index contributed by atoms with van der Waals surface area (Å²) < 4.78 is 33.0. The van der Waals surface area contributed by atoms with Gasteiger partial charge < -0.3 is 9.64 Å². The number of likely N-dealkylation sites (tertiary alicyclic amines) is 1. The average Bonchev–Trinajstić information content (AvgIpc) is 2.74. The summed E-state index contributed by atoms with van der Waals surface area (Å²) in [7, 11) is -3.80. The van der Waals surface area contributed by atoms with Gasteiger partial charge in [-0.15, -0.1) is 0 Å². The summed E-state index contributed by atoms with van der Waals surface area (Å²) >= 11 is 0. The molecule has 0 aliphatic carbocycles. The number of sulfonamides is 1. The Kier molecular flexibility index (Phi) is 7.23. The second-order valence-electron chi connectivity index (χ2n) is 8.44. The number of carbonyl (C=O) groups is 2. The molecule has 1 heterocycles. The van der Waals surface area contributed by atoms with Crippen LogP contribution in [0.3, 0.4) is 0 Å². The summed E-state index contributed by atoms with van der Waals surface area (Å²) in [6, 6.07) is 11.0. The fraction of sp³-hybridized carbons (Fsp3) is 0.417. The van der Waals surface area contributed by atoms with Crippen molar-refractivity contribution < 1.29 is 22.7 Å². The van der Waals surface area contributed by atoms with E-state index in [1.54, 1.807) is 17.0 Å².